The molecule has 0 amide bonds. The maximum absolute atomic E-state index is 11.8. The lowest BCUT2D eigenvalue weighted by Gasteiger charge is -2.08. The number of anilines is 3. The Morgan fingerprint density at radius 3 is 2.39 bits per heavy atom. The van der Waals surface area contributed by atoms with Crippen LogP contribution < -0.4 is 11.1 Å². The van der Waals surface area contributed by atoms with Gasteiger partial charge in [-0.3, -0.25) is 9.50 Å². The minimum atomic E-state index is -3.27. The molecule has 5 aromatic rings. The van der Waals surface area contributed by atoms with Crippen molar-refractivity contribution >= 4 is 33.1 Å². The zero-order chi connectivity index (χ0) is 23.2. The van der Waals surface area contributed by atoms with E-state index in [0.29, 0.717) is 34.6 Å². The van der Waals surface area contributed by atoms with Gasteiger partial charge in [-0.2, -0.15) is 15.1 Å². The molecule has 4 aromatic heterocycles. The van der Waals surface area contributed by atoms with Crippen LogP contribution in [0, 0.1) is 6.92 Å². The molecule has 1 aromatic carbocycles. The van der Waals surface area contributed by atoms with E-state index in [2.05, 4.69) is 35.5 Å². The van der Waals surface area contributed by atoms with E-state index in [1.165, 1.54) is 6.26 Å². The van der Waals surface area contributed by atoms with E-state index >= 15 is 0 Å². The fourth-order valence-corrected chi connectivity index (χ4v) is 4.10. The highest BCUT2D eigenvalue weighted by Gasteiger charge is 2.19. The van der Waals surface area contributed by atoms with Crippen molar-refractivity contribution in [3.8, 4) is 22.6 Å². The van der Waals surface area contributed by atoms with Crippen LogP contribution in [0.4, 0.5) is 17.6 Å². The van der Waals surface area contributed by atoms with Crippen molar-refractivity contribution in [1.29, 1.82) is 0 Å². The van der Waals surface area contributed by atoms with E-state index in [-0.39, 0.29) is 10.8 Å². The number of aromatic nitrogens is 7. The monoisotopic (exact) mass is 461 g/mol. The minimum absolute atomic E-state index is 0.104. The molecule has 0 aliphatic heterocycles. The van der Waals surface area contributed by atoms with Crippen molar-refractivity contribution in [3.63, 3.8) is 0 Å². The van der Waals surface area contributed by atoms with Gasteiger partial charge in [-0.25, -0.2) is 18.4 Å². The van der Waals surface area contributed by atoms with Crippen LogP contribution >= 0.6 is 0 Å². The van der Waals surface area contributed by atoms with Crippen molar-refractivity contribution in [3.05, 3.63) is 60.7 Å². The third-order valence-electron chi connectivity index (χ3n) is 4.96. The van der Waals surface area contributed by atoms with Gasteiger partial charge in [0.1, 0.15) is 23.0 Å². The fourth-order valence-electron chi connectivity index (χ4n) is 3.47. The summed E-state index contributed by atoms with van der Waals surface area (Å²) in [6.07, 6.45) is 4.70. The second kappa shape index (κ2) is 7.67. The number of aromatic amines is 1. The second-order valence-electron chi connectivity index (χ2n) is 7.41. The van der Waals surface area contributed by atoms with E-state index < -0.39 is 9.84 Å². The number of benzene rings is 1. The summed E-state index contributed by atoms with van der Waals surface area (Å²) in [5.41, 5.74) is 8.83. The first kappa shape index (κ1) is 20.6. The summed E-state index contributed by atoms with van der Waals surface area (Å²) in [4.78, 5) is 17.8. The van der Waals surface area contributed by atoms with E-state index in [9.17, 15) is 8.42 Å². The normalized spacial score (nSPS) is 11.7. The predicted octanol–water partition coefficient (Wildman–Crippen LogP) is 2.61. The average molecular weight is 462 g/mol. The summed E-state index contributed by atoms with van der Waals surface area (Å²) in [6, 6.07) is 12.3. The van der Waals surface area contributed by atoms with E-state index in [1.807, 2.05) is 22.7 Å². The van der Waals surface area contributed by atoms with Gasteiger partial charge in [0.25, 0.3) is 0 Å². The number of nitrogen functional groups attached to an aromatic ring is 1. The first-order valence-electron chi connectivity index (χ1n) is 9.85. The van der Waals surface area contributed by atoms with Crippen molar-refractivity contribution in [2.24, 2.45) is 0 Å². The molecule has 0 radical (unpaired) electrons. The average Bonchev–Trinajstić information content (AvgIpc) is 3.39. The first-order chi connectivity index (χ1) is 15.8. The molecule has 12 heteroatoms. The zero-order valence-electron chi connectivity index (χ0n) is 17.7. The van der Waals surface area contributed by atoms with Gasteiger partial charge in [-0.05, 0) is 42.3 Å². The lowest BCUT2D eigenvalue weighted by molar-refractivity contribution is 0.602. The topological polar surface area (TPSA) is 157 Å². The SMILES string of the molecule is Cc1nc(N)nc(-c2c(Nc3ccn[nH]3)nc3ccc(-c4ccc(S(C)(=O)=O)cc4)cn23)n1. The summed E-state index contributed by atoms with van der Waals surface area (Å²) in [5.74, 6) is 2.10. The number of imidazole rings is 1. The molecule has 11 nitrogen and oxygen atoms in total. The summed E-state index contributed by atoms with van der Waals surface area (Å²) in [7, 11) is -3.27. The van der Waals surface area contributed by atoms with Gasteiger partial charge in [0, 0.05) is 18.5 Å². The Morgan fingerprint density at radius 1 is 0.970 bits per heavy atom. The van der Waals surface area contributed by atoms with Gasteiger partial charge in [0.2, 0.25) is 5.95 Å². The highest BCUT2D eigenvalue weighted by atomic mass is 32.2. The molecule has 4 heterocycles. The Labute approximate surface area is 188 Å². The number of hydrogen-bond donors (Lipinski definition) is 3. The smallest absolute Gasteiger partial charge is 0.223 e. The van der Waals surface area contributed by atoms with Crippen molar-refractivity contribution in [2.45, 2.75) is 11.8 Å². The lowest BCUT2D eigenvalue weighted by atomic mass is 10.1. The highest BCUT2D eigenvalue weighted by molar-refractivity contribution is 7.90. The van der Waals surface area contributed by atoms with E-state index in [0.717, 1.165) is 11.1 Å². The van der Waals surface area contributed by atoms with Crippen LogP contribution in [0.5, 0.6) is 0 Å². The summed E-state index contributed by atoms with van der Waals surface area (Å²) in [5, 5.41) is 10.0. The number of nitrogens with two attached hydrogens (primary N) is 1. The quantitative estimate of drug-likeness (QED) is 0.358. The molecule has 0 saturated carbocycles. The predicted molar refractivity (Wildman–Crippen MR) is 124 cm³/mol. The molecule has 0 fully saturated rings. The van der Waals surface area contributed by atoms with Crippen LogP contribution in [-0.2, 0) is 9.84 Å². The van der Waals surface area contributed by atoms with Crippen LogP contribution in [0.2, 0.25) is 0 Å². The highest BCUT2D eigenvalue weighted by Crippen LogP contribution is 2.31. The Kier molecular flexibility index (Phi) is 4.78. The molecule has 0 bridgehead atoms. The molecule has 166 valence electrons. The van der Waals surface area contributed by atoms with Crippen LogP contribution in [0.1, 0.15) is 5.82 Å². The van der Waals surface area contributed by atoms with Gasteiger partial charge < -0.3 is 11.1 Å². The summed E-state index contributed by atoms with van der Waals surface area (Å²) < 4.78 is 25.4. The lowest BCUT2D eigenvalue weighted by Crippen LogP contribution is -2.05. The van der Waals surface area contributed by atoms with Crippen LogP contribution in [0.15, 0.2) is 59.8 Å². The second-order valence-corrected chi connectivity index (χ2v) is 9.43. The summed E-state index contributed by atoms with van der Waals surface area (Å²) >= 11 is 0. The molecular weight excluding hydrogens is 442 g/mol. The molecule has 4 N–H and O–H groups in total. The van der Waals surface area contributed by atoms with E-state index in [4.69, 9.17) is 5.73 Å². The molecule has 0 saturated heterocycles. The van der Waals surface area contributed by atoms with Crippen LogP contribution in [0.3, 0.4) is 0 Å². The van der Waals surface area contributed by atoms with Crippen LogP contribution in [-0.4, -0.2) is 49.2 Å². The number of H-pyrrole nitrogens is 1. The first-order valence-corrected chi connectivity index (χ1v) is 11.7. The standard InChI is InChI=1S/C21H19N9O2S/c1-12-24-19(28-21(22)25-12)18-20(26-16-9-10-23-29-16)27-17-8-5-14(11-30(17)18)13-3-6-15(7-4-13)33(2,31)32/h3-11H,1-2H3,(H2,23,26,29)(H2,22,24,25,28). The molecule has 0 atom stereocenters. The minimum Gasteiger partial charge on any atom is -0.368 e. The number of hydrogen-bond acceptors (Lipinski definition) is 9. The Morgan fingerprint density at radius 2 is 1.73 bits per heavy atom. The largest absolute Gasteiger partial charge is 0.368 e. The van der Waals surface area contributed by atoms with Gasteiger partial charge in [0.05, 0.1) is 11.1 Å². The number of fused-ring (bicyclic) bond motifs is 1. The molecule has 33 heavy (non-hydrogen) atoms. The molecule has 0 aliphatic carbocycles. The maximum atomic E-state index is 11.8. The molecule has 5 rings (SSSR count). The van der Waals surface area contributed by atoms with Gasteiger partial charge >= 0.3 is 0 Å². The maximum Gasteiger partial charge on any atom is 0.223 e. The van der Waals surface area contributed by atoms with Crippen molar-refractivity contribution in [2.75, 3.05) is 17.3 Å². The van der Waals surface area contributed by atoms with Crippen LogP contribution in [0.25, 0.3) is 28.3 Å². The van der Waals surface area contributed by atoms with Gasteiger partial charge in [-0.15, -0.1) is 0 Å². The molecule has 0 unspecified atom stereocenters. The number of nitrogens with one attached hydrogen (secondary N) is 2. The number of rotatable bonds is 5. The van der Waals surface area contributed by atoms with Gasteiger partial charge in [-0.1, -0.05) is 12.1 Å². The fraction of sp³-hybridized carbons (Fsp3) is 0.0952. The molecule has 0 aliphatic rings. The van der Waals surface area contributed by atoms with Gasteiger partial charge in [0.15, 0.2) is 21.5 Å². The molecule has 0 spiro atoms. The number of pyridine rings is 1. The third-order valence-corrected chi connectivity index (χ3v) is 6.09. The molecular formula is C21H19N9O2S. The number of nitrogens with zero attached hydrogens (tertiary/aromatic N) is 6. The Hall–Kier alpha value is -4.32. The van der Waals surface area contributed by atoms with Crippen molar-refractivity contribution < 1.29 is 8.42 Å². The summed E-state index contributed by atoms with van der Waals surface area (Å²) in [6.45, 7) is 1.74. The number of sulfone groups is 1. The van der Waals surface area contributed by atoms with Crippen molar-refractivity contribution in [1.82, 2.24) is 34.5 Å². The third kappa shape index (κ3) is 3.99. The Balaban J connectivity index is 1.68. The van der Waals surface area contributed by atoms with E-state index in [1.54, 1.807) is 43.5 Å². The Bertz CT molecular complexity index is 1550. The zero-order valence-corrected chi connectivity index (χ0v) is 18.5. The number of aryl methyl sites for hydroxylation is 1.